The summed E-state index contributed by atoms with van der Waals surface area (Å²) in [4.78, 5) is 7.17. The van der Waals surface area contributed by atoms with Gasteiger partial charge in [-0.2, -0.15) is 0 Å². The first-order valence-corrected chi connectivity index (χ1v) is 6.26. The average Bonchev–Trinajstić information content (AvgIpc) is 2.63. The fourth-order valence-electron chi connectivity index (χ4n) is 3.14. The summed E-state index contributed by atoms with van der Waals surface area (Å²) in [7, 11) is 0. The molecule has 2 rings (SSSR count). The quantitative estimate of drug-likeness (QED) is 0.824. The first-order chi connectivity index (χ1) is 7.55. The Kier molecular flexibility index (Phi) is 3.33. The largest absolute Gasteiger partial charge is 0.347 e. The van der Waals surface area contributed by atoms with Crippen molar-refractivity contribution >= 4 is 0 Å². The molecule has 3 heteroatoms. The summed E-state index contributed by atoms with van der Waals surface area (Å²) in [5.41, 5.74) is 1.67. The lowest BCUT2D eigenvalue weighted by molar-refractivity contribution is 0.150. The van der Waals surface area contributed by atoms with Crippen LogP contribution in [-0.4, -0.2) is 16.0 Å². The fraction of sp³-hybridized carbons (Fsp3) is 0.769. The maximum atomic E-state index is 4.03. The monoisotopic (exact) mass is 221 g/mol. The van der Waals surface area contributed by atoms with Gasteiger partial charge in [-0.25, -0.2) is 4.98 Å². The van der Waals surface area contributed by atoms with Crippen molar-refractivity contribution in [2.75, 3.05) is 0 Å². The molecule has 90 valence electrons. The van der Waals surface area contributed by atoms with Crippen LogP contribution in [0.15, 0.2) is 12.5 Å². The van der Waals surface area contributed by atoms with Crippen molar-refractivity contribution in [1.82, 2.24) is 15.3 Å². The van der Waals surface area contributed by atoms with E-state index in [0.29, 0.717) is 11.5 Å². The molecule has 1 aromatic rings. The molecule has 2 atom stereocenters. The van der Waals surface area contributed by atoms with E-state index in [4.69, 9.17) is 0 Å². The summed E-state index contributed by atoms with van der Waals surface area (Å²) in [5, 5.41) is 3.64. The van der Waals surface area contributed by atoms with Crippen molar-refractivity contribution in [3.8, 4) is 0 Å². The molecule has 1 heterocycles. The molecule has 2 N–H and O–H groups in total. The molecule has 1 saturated carbocycles. The molecule has 1 fully saturated rings. The van der Waals surface area contributed by atoms with E-state index in [0.717, 1.165) is 12.5 Å². The van der Waals surface area contributed by atoms with Crippen LogP contribution < -0.4 is 5.32 Å². The number of hydrogen-bond acceptors (Lipinski definition) is 2. The van der Waals surface area contributed by atoms with E-state index >= 15 is 0 Å². The van der Waals surface area contributed by atoms with E-state index in [1.807, 2.05) is 6.20 Å². The zero-order chi connectivity index (χ0) is 11.6. The van der Waals surface area contributed by atoms with Gasteiger partial charge in [0.05, 0.1) is 6.33 Å². The Labute approximate surface area is 98.1 Å². The first-order valence-electron chi connectivity index (χ1n) is 6.26. The lowest BCUT2D eigenvalue weighted by Gasteiger charge is -2.39. The number of aromatic nitrogens is 2. The first kappa shape index (κ1) is 11.6. The van der Waals surface area contributed by atoms with Crippen LogP contribution in [-0.2, 0) is 6.54 Å². The van der Waals surface area contributed by atoms with Crippen LogP contribution in [0.2, 0.25) is 0 Å². The number of H-pyrrole nitrogens is 1. The summed E-state index contributed by atoms with van der Waals surface area (Å²) in [6.45, 7) is 8.04. The van der Waals surface area contributed by atoms with E-state index < -0.39 is 0 Å². The van der Waals surface area contributed by atoms with E-state index in [1.165, 1.54) is 25.0 Å². The molecular weight excluding hydrogens is 198 g/mol. The molecule has 0 saturated heterocycles. The van der Waals surface area contributed by atoms with Crippen LogP contribution in [0.3, 0.4) is 0 Å². The van der Waals surface area contributed by atoms with Gasteiger partial charge in [0.15, 0.2) is 0 Å². The summed E-state index contributed by atoms with van der Waals surface area (Å²) >= 11 is 0. The molecule has 0 bridgehead atoms. The van der Waals surface area contributed by atoms with Gasteiger partial charge in [-0.05, 0) is 30.6 Å². The lowest BCUT2D eigenvalue weighted by Crippen LogP contribution is -2.39. The molecule has 1 aliphatic carbocycles. The van der Waals surface area contributed by atoms with Gasteiger partial charge in [-0.3, -0.25) is 0 Å². The minimum Gasteiger partial charge on any atom is -0.347 e. The van der Waals surface area contributed by atoms with Crippen LogP contribution in [0.4, 0.5) is 0 Å². The minimum atomic E-state index is 0.489. The van der Waals surface area contributed by atoms with Gasteiger partial charge in [0.25, 0.3) is 0 Å². The normalized spacial score (nSPS) is 29.2. The van der Waals surface area contributed by atoms with Crippen LogP contribution in [0, 0.1) is 11.3 Å². The third kappa shape index (κ3) is 3.08. The van der Waals surface area contributed by atoms with Gasteiger partial charge in [0.2, 0.25) is 0 Å². The van der Waals surface area contributed by atoms with Crippen molar-refractivity contribution in [2.24, 2.45) is 11.3 Å². The van der Waals surface area contributed by atoms with Crippen LogP contribution >= 0.6 is 0 Å². The summed E-state index contributed by atoms with van der Waals surface area (Å²) < 4.78 is 0. The highest BCUT2D eigenvalue weighted by Gasteiger charge is 2.31. The van der Waals surface area contributed by atoms with Gasteiger partial charge < -0.3 is 10.3 Å². The number of imidazole rings is 1. The SMILES string of the molecule is CC1CC(NCc2cnc[nH]2)CC(C)(C)C1. The number of aromatic amines is 1. The molecule has 0 aromatic carbocycles. The molecule has 3 nitrogen and oxygen atoms in total. The highest BCUT2D eigenvalue weighted by molar-refractivity contribution is 4.95. The summed E-state index contributed by atoms with van der Waals surface area (Å²) in [5.74, 6) is 0.836. The van der Waals surface area contributed by atoms with Gasteiger partial charge >= 0.3 is 0 Å². The third-order valence-corrected chi connectivity index (χ3v) is 3.52. The van der Waals surface area contributed by atoms with Gasteiger partial charge in [0, 0.05) is 24.5 Å². The van der Waals surface area contributed by atoms with Crippen molar-refractivity contribution in [2.45, 2.75) is 52.6 Å². The van der Waals surface area contributed by atoms with Crippen LogP contribution in [0.25, 0.3) is 0 Å². The smallest absolute Gasteiger partial charge is 0.0922 e. The molecule has 1 aromatic heterocycles. The molecule has 16 heavy (non-hydrogen) atoms. The lowest BCUT2D eigenvalue weighted by atomic mass is 9.70. The van der Waals surface area contributed by atoms with Crippen LogP contribution in [0.5, 0.6) is 0 Å². The molecule has 0 amide bonds. The van der Waals surface area contributed by atoms with E-state index in [-0.39, 0.29) is 0 Å². The van der Waals surface area contributed by atoms with Gasteiger partial charge in [0.1, 0.15) is 0 Å². The van der Waals surface area contributed by atoms with Crippen molar-refractivity contribution in [3.63, 3.8) is 0 Å². The zero-order valence-electron chi connectivity index (χ0n) is 10.6. The Bertz CT molecular complexity index is 316. The summed E-state index contributed by atoms with van der Waals surface area (Å²) in [6, 6.07) is 0.655. The minimum absolute atomic E-state index is 0.489. The topological polar surface area (TPSA) is 40.7 Å². The Morgan fingerprint density at radius 2 is 2.31 bits per heavy atom. The van der Waals surface area contributed by atoms with E-state index in [1.54, 1.807) is 6.33 Å². The van der Waals surface area contributed by atoms with Crippen molar-refractivity contribution in [1.29, 1.82) is 0 Å². The van der Waals surface area contributed by atoms with E-state index in [2.05, 4.69) is 36.1 Å². The third-order valence-electron chi connectivity index (χ3n) is 3.52. The molecule has 0 aliphatic heterocycles. The van der Waals surface area contributed by atoms with E-state index in [9.17, 15) is 0 Å². The Hall–Kier alpha value is -0.830. The average molecular weight is 221 g/mol. The predicted octanol–water partition coefficient (Wildman–Crippen LogP) is 2.71. The highest BCUT2D eigenvalue weighted by Crippen LogP contribution is 2.38. The Morgan fingerprint density at radius 3 is 2.94 bits per heavy atom. The summed E-state index contributed by atoms with van der Waals surface area (Å²) in [6.07, 6.45) is 7.58. The second-order valence-electron chi connectivity index (χ2n) is 6.07. The van der Waals surface area contributed by atoms with Crippen molar-refractivity contribution in [3.05, 3.63) is 18.2 Å². The maximum absolute atomic E-state index is 4.03. The standard InChI is InChI=1S/C13H23N3/c1-10-4-11(6-13(2,3)5-10)15-8-12-7-14-9-16-12/h7,9-11,15H,4-6,8H2,1-3H3,(H,14,16). The molecular formula is C13H23N3. The van der Waals surface area contributed by atoms with Crippen molar-refractivity contribution < 1.29 is 0 Å². The predicted molar refractivity (Wildman–Crippen MR) is 66.0 cm³/mol. The zero-order valence-corrected chi connectivity index (χ0v) is 10.6. The van der Waals surface area contributed by atoms with Crippen LogP contribution in [0.1, 0.15) is 45.7 Å². The number of nitrogens with zero attached hydrogens (tertiary/aromatic N) is 1. The second kappa shape index (κ2) is 4.58. The Morgan fingerprint density at radius 1 is 1.50 bits per heavy atom. The highest BCUT2D eigenvalue weighted by atomic mass is 15.0. The van der Waals surface area contributed by atoms with Gasteiger partial charge in [-0.15, -0.1) is 0 Å². The maximum Gasteiger partial charge on any atom is 0.0922 e. The molecule has 0 radical (unpaired) electrons. The molecule has 2 unspecified atom stereocenters. The van der Waals surface area contributed by atoms with Gasteiger partial charge in [-0.1, -0.05) is 20.8 Å². The number of hydrogen-bond donors (Lipinski definition) is 2. The second-order valence-corrected chi connectivity index (χ2v) is 6.07. The number of nitrogens with one attached hydrogen (secondary N) is 2. The Balaban J connectivity index is 1.85. The fourth-order valence-corrected chi connectivity index (χ4v) is 3.14. The number of rotatable bonds is 3. The molecule has 0 spiro atoms. The molecule has 1 aliphatic rings.